The summed E-state index contributed by atoms with van der Waals surface area (Å²) in [4.78, 5) is 13.8. The number of urea groups is 1. The van der Waals surface area contributed by atoms with E-state index in [4.69, 9.17) is 9.26 Å². The summed E-state index contributed by atoms with van der Waals surface area (Å²) < 4.78 is 10.7. The molecule has 0 aliphatic carbocycles. The number of rotatable bonds is 5. The van der Waals surface area contributed by atoms with Crippen molar-refractivity contribution in [3.8, 4) is 0 Å². The van der Waals surface area contributed by atoms with Gasteiger partial charge in [-0.2, -0.15) is 0 Å². The molecule has 21 heavy (non-hydrogen) atoms. The van der Waals surface area contributed by atoms with Crippen molar-refractivity contribution in [1.82, 2.24) is 15.4 Å². The van der Waals surface area contributed by atoms with Crippen molar-refractivity contribution in [2.45, 2.75) is 52.2 Å². The van der Waals surface area contributed by atoms with Crippen LogP contribution >= 0.6 is 0 Å². The van der Waals surface area contributed by atoms with Gasteiger partial charge in [0, 0.05) is 25.1 Å². The molecule has 2 amide bonds. The molecule has 2 rings (SSSR count). The van der Waals surface area contributed by atoms with Gasteiger partial charge in [0.25, 0.3) is 0 Å². The quantitative estimate of drug-likeness (QED) is 0.906. The van der Waals surface area contributed by atoms with Crippen LogP contribution in [0.25, 0.3) is 0 Å². The molecule has 1 aromatic rings. The fourth-order valence-corrected chi connectivity index (χ4v) is 2.59. The summed E-state index contributed by atoms with van der Waals surface area (Å²) in [7, 11) is 0. The Kier molecular flexibility index (Phi) is 5.61. The summed E-state index contributed by atoms with van der Waals surface area (Å²) in [5.74, 6) is 1.13. The molecule has 1 atom stereocenters. The van der Waals surface area contributed by atoms with Crippen molar-refractivity contribution in [3.05, 3.63) is 17.5 Å². The van der Waals surface area contributed by atoms with Gasteiger partial charge >= 0.3 is 6.03 Å². The highest BCUT2D eigenvalue weighted by Crippen LogP contribution is 2.22. The van der Waals surface area contributed by atoms with Crippen LogP contribution < -0.4 is 5.32 Å². The molecule has 1 N–H and O–H groups in total. The summed E-state index contributed by atoms with van der Waals surface area (Å²) in [6, 6.07) is 1.87. The molecule has 1 saturated heterocycles. The standard InChI is InChI=1S/C15H25N3O3/c1-4-12(5-2)14-8-13(21-17-14)9-16-15(19)18-6-7-20-11(3)10-18/h8,11-12H,4-7,9-10H2,1-3H3,(H,16,19). The van der Waals surface area contributed by atoms with E-state index >= 15 is 0 Å². The lowest BCUT2D eigenvalue weighted by atomic mass is 9.99. The SMILES string of the molecule is CCC(CC)c1cc(CNC(=O)N2CCOC(C)C2)on1. The minimum Gasteiger partial charge on any atom is -0.375 e. The topological polar surface area (TPSA) is 67.6 Å². The summed E-state index contributed by atoms with van der Waals surface area (Å²) in [5.41, 5.74) is 0.976. The maximum absolute atomic E-state index is 12.1. The van der Waals surface area contributed by atoms with E-state index in [1.165, 1.54) is 0 Å². The van der Waals surface area contributed by atoms with E-state index in [0.717, 1.165) is 18.5 Å². The number of carbonyl (C=O) groups is 1. The van der Waals surface area contributed by atoms with Crippen molar-refractivity contribution >= 4 is 6.03 Å². The van der Waals surface area contributed by atoms with Crippen LogP contribution in [-0.4, -0.2) is 41.9 Å². The fourth-order valence-electron chi connectivity index (χ4n) is 2.59. The van der Waals surface area contributed by atoms with E-state index in [9.17, 15) is 4.79 Å². The van der Waals surface area contributed by atoms with Gasteiger partial charge < -0.3 is 19.5 Å². The van der Waals surface area contributed by atoms with Gasteiger partial charge in [0.05, 0.1) is 24.9 Å². The molecule has 2 heterocycles. The van der Waals surface area contributed by atoms with Crippen LogP contribution in [0.3, 0.4) is 0 Å². The minimum atomic E-state index is -0.0781. The number of nitrogens with zero attached hydrogens (tertiary/aromatic N) is 2. The van der Waals surface area contributed by atoms with Gasteiger partial charge in [0.15, 0.2) is 5.76 Å². The molecule has 1 aliphatic heterocycles. The monoisotopic (exact) mass is 295 g/mol. The molecule has 0 aromatic carbocycles. The van der Waals surface area contributed by atoms with Crippen LogP contribution in [0.5, 0.6) is 0 Å². The summed E-state index contributed by atoms with van der Waals surface area (Å²) in [6.07, 6.45) is 2.18. The molecule has 1 aromatic heterocycles. The molecule has 6 heteroatoms. The Morgan fingerprint density at radius 1 is 1.52 bits per heavy atom. The molecule has 0 spiro atoms. The predicted octanol–water partition coefficient (Wildman–Crippen LogP) is 2.51. The third-order valence-corrected chi connectivity index (χ3v) is 3.92. The third kappa shape index (κ3) is 4.20. The van der Waals surface area contributed by atoms with Gasteiger partial charge in [-0.05, 0) is 19.8 Å². The van der Waals surface area contributed by atoms with Crippen LogP contribution in [0, 0.1) is 0 Å². The first-order valence-electron chi connectivity index (χ1n) is 7.73. The number of hydrogen-bond acceptors (Lipinski definition) is 4. The van der Waals surface area contributed by atoms with Gasteiger partial charge in [-0.25, -0.2) is 4.79 Å². The first-order chi connectivity index (χ1) is 10.1. The Hall–Kier alpha value is -1.56. The van der Waals surface area contributed by atoms with Crippen LogP contribution in [0.15, 0.2) is 10.6 Å². The average molecular weight is 295 g/mol. The second-order valence-electron chi connectivity index (χ2n) is 5.52. The zero-order chi connectivity index (χ0) is 15.2. The van der Waals surface area contributed by atoms with Crippen molar-refractivity contribution < 1.29 is 14.1 Å². The zero-order valence-electron chi connectivity index (χ0n) is 13.1. The highest BCUT2D eigenvalue weighted by atomic mass is 16.5. The van der Waals surface area contributed by atoms with Crippen LogP contribution in [0.1, 0.15) is 51.0 Å². The van der Waals surface area contributed by atoms with E-state index in [1.54, 1.807) is 4.90 Å². The predicted molar refractivity (Wildman–Crippen MR) is 79.0 cm³/mol. The van der Waals surface area contributed by atoms with Crippen molar-refractivity contribution in [3.63, 3.8) is 0 Å². The highest BCUT2D eigenvalue weighted by molar-refractivity contribution is 5.74. The van der Waals surface area contributed by atoms with Crippen molar-refractivity contribution in [2.75, 3.05) is 19.7 Å². The van der Waals surface area contributed by atoms with Crippen LogP contribution in [0.4, 0.5) is 4.79 Å². The maximum Gasteiger partial charge on any atom is 0.317 e. The molecule has 0 radical (unpaired) electrons. The van der Waals surface area contributed by atoms with Gasteiger partial charge in [-0.15, -0.1) is 0 Å². The van der Waals surface area contributed by atoms with E-state index < -0.39 is 0 Å². The Labute approximate surface area is 125 Å². The van der Waals surface area contributed by atoms with Gasteiger partial charge in [-0.1, -0.05) is 19.0 Å². The molecule has 1 aliphatic rings. The number of ether oxygens (including phenoxy) is 1. The number of hydrogen-bond donors (Lipinski definition) is 1. The third-order valence-electron chi connectivity index (χ3n) is 3.92. The molecule has 0 bridgehead atoms. The number of amides is 2. The molecule has 6 nitrogen and oxygen atoms in total. The van der Waals surface area contributed by atoms with Crippen LogP contribution in [-0.2, 0) is 11.3 Å². The fraction of sp³-hybridized carbons (Fsp3) is 0.733. The Bertz CT molecular complexity index is 457. The average Bonchev–Trinajstić information content (AvgIpc) is 2.95. The maximum atomic E-state index is 12.1. The number of morpholine rings is 1. The molecule has 0 saturated carbocycles. The largest absolute Gasteiger partial charge is 0.375 e. The minimum absolute atomic E-state index is 0.0781. The lowest BCUT2D eigenvalue weighted by Gasteiger charge is -2.31. The lowest BCUT2D eigenvalue weighted by Crippen LogP contribution is -2.48. The van der Waals surface area contributed by atoms with E-state index in [-0.39, 0.29) is 12.1 Å². The Morgan fingerprint density at radius 2 is 2.29 bits per heavy atom. The first-order valence-corrected chi connectivity index (χ1v) is 7.73. The number of nitrogens with one attached hydrogen (secondary N) is 1. The van der Waals surface area contributed by atoms with E-state index in [2.05, 4.69) is 24.3 Å². The second kappa shape index (κ2) is 7.45. The summed E-state index contributed by atoms with van der Waals surface area (Å²) in [6.45, 7) is 8.48. The zero-order valence-corrected chi connectivity index (χ0v) is 13.1. The number of aromatic nitrogens is 1. The molecular weight excluding hydrogens is 270 g/mol. The summed E-state index contributed by atoms with van der Waals surface area (Å²) >= 11 is 0. The van der Waals surface area contributed by atoms with E-state index in [1.807, 2.05) is 13.0 Å². The van der Waals surface area contributed by atoms with Crippen molar-refractivity contribution in [1.29, 1.82) is 0 Å². The molecule has 118 valence electrons. The number of carbonyl (C=O) groups excluding carboxylic acids is 1. The second-order valence-corrected chi connectivity index (χ2v) is 5.52. The summed E-state index contributed by atoms with van der Waals surface area (Å²) in [5, 5.41) is 6.98. The Balaban J connectivity index is 1.84. The molecule has 1 fully saturated rings. The van der Waals surface area contributed by atoms with Gasteiger partial charge in [-0.3, -0.25) is 0 Å². The molecular formula is C15H25N3O3. The first kappa shape index (κ1) is 15.8. The van der Waals surface area contributed by atoms with Gasteiger partial charge in [0.2, 0.25) is 0 Å². The molecule has 1 unspecified atom stereocenters. The van der Waals surface area contributed by atoms with E-state index in [0.29, 0.717) is 37.9 Å². The van der Waals surface area contributed by atoms with Crippen LogP contribution in [0.2, 0.25) is 0 Å². The Morgan fingerprint density at radius 3 is 2.95 bits per heavy atom. The van der Waals surface area contributed by atoms with Crippen molar-refractivity contribution in [2.24, 2.45) is 0 Å². The normalized spacial score (nSPS) is 19.0. The highest BCUT2D eigenvalue weighted by Gasteiger charge is 2.21. The lowest BCUT2D eigenvalue weighted by molar-refractivity contribution is -0.00358. The van der Waals surface area contributed by atoms with Gasteiger partial charge in [0.1, 0.15) is 0 Å². The smallest absolute Gasteiger partial charge is 0.317 e.